The number of imidazole rings is 1. The highest BCUT2D eigenvalue weighted by Crippen LogP contribution is 2.43. The van der Waals surface area contributed by atoms with Gasteiger partial charge in [0.2, 0.25) is 0 Å². The number of ether oxygens (including phenoxy) is 1. The van der Waals surface area contributed by atoms with E-state index in [-0.39, 0.29) is 0 Å². The monoisotopic (exact) mass is 281 g/mol. The Kier molecular flexibility index (Phi) is 2.26. The molecule has 2 aliphatic heterocycles. The van der Waals surface area contributed by atoms with Crippen LogP contribution >= 0.6 is 0 Å². The molecule has 3 aromatic heterocycles. The molecule has 2 aliphatic rings. The van der Waals surface area contributed by atoms with Gasteiger partial charge < -0.3 is 9.30 Å². The van der Waals surface area contributed by atoms with Crippen LogP contribution in [-0.4, -0.2) is 36.4 Å². The average Bonchev–Trinajstić information content (AvgIpc) is 3.28. The van der Waals surface area contributed by atoms with Gasteiger partial charge >= 0.3 is 0 Å². The lowest BCUT2D eigenvalue weighted by molar-refractivity contribution is 0.0940. The summed E-state index contributed by atoms with van der Waals surface area (Å²) in [6.07, 6.45) is 13.6. The number of fused-ring (bicyclic) bond motifs is 3. The highest BCUT2D eigenvalue weighted by atomic mass is 16.5. The minimum Gasteiger partial charge on any atom is -0.373 e. The minimum absolute atomic E-state index is 0.331. The number of hydrogen-bond donors (Lipinski definition) is 0. The molecule has 0 aliphatic carbocycles. The van der Waals surface area contributed by atoms with Crippen LogP contribution in [0.4, 0.5) is 0 Å². The van der Waals surface area contributed by atoms with E-state index in [0.29, 0.717) is 18.2 Å². The molecule has 0 saturated carbocycles. The van der Waals surface area contributed by atoms with Crippen LogP contribution in [0.15, 0.2) is 37.1 Å². The molecule has 0 spiro atoms. The van der Waals surface area contributed by atoms with Crippen molar-refractivity contribution in [2.24, 2.45) is 0 Å². The van der Waals surface area contributed by atoms with Crippen molar-refractivity contribution < 1.29 is 4.74 Å². The second-order valence-corrected chi connectivity index (χ2v) is 5.78. The van der Waals surface area contributed by atoms with E-state index in [1.54, 1.807) is 10.7 Å². The fraction of sp³-hybridized carbons (Fsp3) is 0.400. The summed E-state index contributed by atoms with van der Waals surface area (Å²) in [5.41, 5.74) is 1.82. The first kappa shape index (κ1) is 11.4. The Hall–Kier alpha value is -2.21. The van der Waals surface area contributed by atoms with Crippen LogP contribution in [-0.2, 0) is 4.74 Å². The van der Waals surface area contributed by atoms with E-state index in [1.165, 1.54) is 6.42 Å². The molecule has 106 valence electrons. The molecule has 5 rings (SSSR count). The third kappa shape index (κ3) is 1.59. The fourth-order valence-corrected chi connectivity index (χ4v) is 3.68. The summed E-state index contributed by atoms with van der Waals surface area (Å²) < 4.78 is 10.0. The first-order chi connectivity index (χ1) is 10.4. The SMILES string of the molecule is c1cnc2c(-c3nccn3[C@@H]3C[C@@H]4CC[C@H]3O4)cnn2c1. The molecule has 0 radical (unpaired) electrons. The van der Waals surface area contributed by atoms with Gasteiger partial charge in [-0.05, 0) is 25.3 Å². The number of nitrogens with zero attached hydrogens (tertiary/aromatic N) is 5. The third-order valence-corrected chi connectivity index (χ3v) is 4.62. The second-order valence-electron chi connectivity index (χ2n) is 5.78. The number of hydrogen-bond acceptors (Lipinski definition) is 4. The van der Waals surface area contributed by atoms with Crippen LogP contribution in [0.25, 0.3) is 17.0 Å². The highest BCUT2D eigenvalue weighted by Gasteiger charge is 2.42. The Morgan fingerprint density at radius 2 is 2.14 bits per heavy atom. The Labute approximate surface area is 121 Å². The van der Waals surface area contributed by atoms with Crippen LogP contribution in [0.1, 0.15) is 25.3 Å². The van der Waals surface area contributed by atoms with E-state index in [9.17, 15) is 0 Å². The Morgan fingerprint density at radius 3 is 3.00 bits per heavy atom. The van der Waals surface area contributed by atoms with Crippen molar-refractivity contribution >= 4 is 5.65 Å². The van der Waals surface area contributed by atoms with Crippen LogP contribution in [0.2, 0.25) is 0 Å². The van der Waals surface area contributed by atoms with Gasteiger partial charge in [0.1, 0.15) is 5.82 Å². The lowest BCUT2D eigenvalue weighted by Gasteiger charge is -2.21. The van der Waals surface area contributed by atoms with Gasteiger partial charge in [0.15, 0.2) is 5.65 Å². The van der Waals surface area contributed by atoms with Crippen LogP contribution in [0, 0.1) is 0 Å². The standard InChI is InChI=1S/C15H15N5O/c1-4-16-15-11(9-18-20(15)6-1)14-17-5-7-19(14)12-8-10-2-3-13(12)21-10/h1,4-7,9-10,12-13H,2-3,8H2/t10-,12+,13+/m0/s1. The highest BCUT2D eigenvalue weighted by molar-refractivity contribution is 5.72. The van der Waals surface area contributed by atoms with Gasteiger partial charge in [-0.2, -0.15) is 5.10 Å². The number of aromatic nitrogens is 5. The average molecular weight is 281 g/mol. The molecule has 6 heteroatoms. The second kappa shape index (κ2) is 4.14. The van der Waals surface area contributed by atoms with E-state index < -0.39 is 0 Å². The van der Waals surface area contributed by atoms with Gasteiger partial charge in [-0.15, -0.1) is 0 Å². The molecule has 6 nitrogen and oxygen atoms in total. The predicted molar refractivity (Wildman–Crippen MR) is 75.8 cm³/mol. The quantitative estimate of drug-likeness (QED) is 0.721. The van der Waals surface area contributed by atoms with Crippen molar-refractivity contribution in [3.8, 4) is 11.4 Å². The maximum atomic E-state index is 5.98. The summed E-state index contributed by atoms with van der Waals surface area (Å²) in [6.45, 7) is 0. The summed E-state index contributed by atoms with van der Waals surface area (Å²) in [6, 6.07) is 2.26. The first-order valence-electron chi connectivity index (χ1n) is 7.37. The molecule has 0 unspecified atom stereocenters. The third-order valence-electron chi connectivity index (χ3n) is 4.62. The lowest BCUT2D eigenvalue weighted by atomic mass is 9.95. The van der Waals surface area contributed by atoms with Crippen molar-refractivity contribution in [3.05, 3.63) is 37.1 Å². The number of rotatable bonds is 2. The van der Waals surface area contributed by atoms with Gasteiger partial charge in [0.05, 0.1) is 30.0 Å². The molecule has 21 heavy (non-hydrogen) atoms. The van der Waals surface area contributed by atoms with Crippen molar-refractivity contribution in [2.45, 2.75) is 37.5 Å². The topological polar surface area (TPSA) is 57.2 Å². The van der Waals surface area contributed by atoms with E-state index in [0.717, 1.165) is 29.9 Å². The molecular weight excluding hydrogens is 266 g/mol. The van der Waals surface area contributed by atoms with Crippen molar-refractivity contribution in [2.75, 3.05) is 0 Å². The summed E-state index contributed by atoms with van der Waals surface area (Å²) in [4.78, 5) is 8.98. The smallest absolute Gasteiger partial charge is 0.165 e. The van der Waals surface area contributed by atoms with Gasteiger partial charge in [-0.1, -0.05) is 0 Å². The summed E-state index contributed by atoms with van der Waals surface area (Å²) in [5.74, 6) is 0.935. The van der Waals surface area contributed by atoms with E-state index in [1.807, 2.05) is 24.7 Å². The zero-order valence-corrected chi connectivity index (χ0v) is 11.5. The first-order valence-corrected chi connectivity index (χ1v) is 7.37. The van der Waals surface area contributed by atoms with E-state index >= 15 is 0 Å². The van der Waals surface area contributed by atoms with Gasteiger partial charge in [0.25, 0.3) is 0 Å². The van der Waals surface area contributed by atoms with Crippen molar-refractivity contribution in [1.29, 1.82) is 0 Å². The van der Waals surface area contributed by atoms with E-state index in [4.69, 9.17) is 4.74 Å². The predicted octanol–water partition coefficient (Wildman–Crippen LogP) is 2.09. The fourth-order valence-electron chi connectivity index (χ4n) is 3.68. The molecule has 2 saturated heterocycles. The normalized spacial score (nSPS) is 27.7. The molecule has 2 bridgehead atoms. The zero-order chi connectivity index (χ0) is 13.8. The molecule has 0 N–H and O–H groups in total. The van der Waals surface area contributed by atoms with Crippen molar-refractivity contribution in [3.63, 3.8) is 0 Å². The molecule has 0 aromatic carbocycles. The maximum absolute atomic E-state index is 5.98. The van der Waals surface area contributed by atoms with Gasteiger partial charge in [-0.3, -0.25) is 0 Å². The van der Waals surface area contributed by atoms with Crippen LogP contribution < -0.4 is 0 Å². The lowest BCUT2D eigenvalue weighted by Crippen LogP contribution is -2.21. The summed E-state index contributed by atoms with van der Waals surface area (Å²) in [5, 5.41) is 4.36. The molecule has 3 aromatic rings. The van der Waals surface area contributed by atoms with E-state index in [2.05, 4.69) is 25.8 Å². The van der Waals surface area contributed by atoms with Gasteiger partial charge in [-0.25, -0.2) is 14.5 Å². The Balaban J connectivity index is 1.63. The van der Waals surface area contributed by atoms with Crippen LogP contribution in [0.5, 0.6) is 0 Å². The van der Waals surface area contributed by atoms with Crippen LogP contribution in [0.3, 0.4) is 0 Å². The van der Waals surface area contributed by atoms with Gasteiger partial charge in [0, 0.05) is 24.8 Å². The molecule has 3 atom stereocenters. The Morgan fingerprint density at radius 1 is 1.14 bits per heavy atom. The minimum atomic E-state index is 0.331. The molecule has 0 amide bonds. The maximum Gasteiger partial charge on any atom is 0.165 e. The molecular formula is C15H15N5O. The summed E-state index contributed by atoms with van der Waals surface area (Å²) in [7, 11) is 0. The summed E-state index contributed by atoms with van der Waals surface area (Å²) >= 11 is 0. The molecule has 2 fully saturated rings. The molecule has 5 heterocycles. The zero-order valence-electron chi connectivity index (χ0n) is 11.5. The van der Waals surface area contributed by atoms with Crippen molar-refractivity contribution in [1.82, 2.24) is 24.1 Å². The largest absolute Gasteiger partial charge is 0.373 e. The Bertz CT molecular complexity index is 807.